The topological polar surface area (TPSA) is 70.1 Å². The number of carbonyl (C=O) groups excluding carboxylic acids is 1. The Balaban J connectivity index is 2.18. The van der Waals surface area contributed by atoms with Crippen molar-refractivity contribution in [2.24, 2.45) is 0 Å². The van der Waals surface area contributed by atoms with E-state index in [0.717, 1.165) is 11.3 Å². The van der Waals surface area contributed by atoms with Crippen molar-refractivity contribution < 1.29 is 9.53 Å². The highest BCUT2D eigenvalue weighted by Crippen LogP contribution is 2.17. The number of carbonyl (C=O) groups is 1. The maximum atomic E-state index is 10.0. The highest BCUT2D eigenvalue weighted by molar-refractivity contribution is 5.47. The normalized spacial score (nSPS) is 10.1. The first kappa shape index (κ1) is 11.2. The van der Waals surface area contributed by atoms with Gasteiger partial charge in [-0.1, -0.05) is 18.2 Å². The molecule has 17 heavy (non-hydrogen) atoms. The first-order chi connectivity index (χ1) is 8.33. The third-order valence-electron chi connectivity index (χ3n) is 2.44. The predicted molar refractivity (Wildman–Crippen MR) is 63.7 cm³/mol. The number of nitrogen functional groups attached to an aromatic ring is 1. The molecule has 0 aliphatic carbocycles. The largest absolute Gasteiger partial charge is 0.468 e. The van der Waals surface area contributed by atoms with Crippen LogP contribution in [0.3, 0.4) is 0 Å². The van der Waals surface area contributed by atoms with E-state index in [9.17, 15) is 4.79 Å². The fourth-order valence-corrected chi connectivity index (χ4v) is 1.58. The summed E-state index contributed by atoms with van der Waals surface area (Å²) in [6.07, 6.45) is 2.26. The molecule has 0 saturated heterocycles. The minimum Gasteiger partial charge on any atom is -0.468 e. The first-order valence-corrected chi connectivity index (χ1v) is 5.26. The Bertz CT molecular complexity index is 494. The maximum absolute atomic E-state index is 10.0. The molecule has 2 rings (SSSR count). The van der Waals surface area contributed by atoms with Gasteiger partial charge in [0.1, 0.15) is 5.82 Å². The lowest BCUT2D eigenvalue weighted by Crippen LogP contribution is -2.04. The number of nitrogens with two attached hydrogens (primary N) is 1. The number of para-hydroxylation sites is 1. The van der Waals surface area contributed by atoms with Gasteiger partial charge in [-0.3, -0.25) is 4.79 Å². The molecule has 0 bridgehead atoms. The molecule has 0 atom stereocenters. The molecule has 0 spiro atoms. The van der Waals surface area contributed by atoms with Crippen LogP contribution in [-0.4, -0.2) is 22.9 Å². The second kappa shape index (κ2) is 5.16. The molecule has 0 radical (unpaired) electrons. The maximum Gasteiger partial charge on any atom is 0.293 e. The van der Waals surface area contributed by atoms with Crippen molar-refractivity contribution in [1.29, 1.82) is 0 Å². The Morgan fingerprint density at radius 3 is 2.82 bits per heavy atom. The number of nitrogens with zero attached hydrogens (tertiary/aromatic N) is 2. The van der Waals surface area contributed by atoms with Crippen LogP contribution in [0.5, 0.6) is 0 Å². The zero-order valence-corrected chi connectivity index (χ0v) is 9.24. The zero-order chi connectivity index (χ0) is 12.1. The number of anilines is 1. The fraction of sp³-hybridized carbons (Fsp3) is 0.167. The SMILES string of the molecule is Nc1c(CCOC=O)cnn1-c1ccccc1. The lowest BCUT2D eigenvalue weighted by molar-refractivity contribution is -0.128. The second-order valence-electron chi connectivity index (χ2n) is 3.52. The van der Waals surface area contributed by atoms with Crippen molar-refractivity contribution >= 4 is 12.3 Å². The molecular formula is C12H13N3O2. The van der Waals surface area contributed by atoms with Gasteiger partial charge in [-0.2, -0.15) is 5.10 Å². The summed E-state index contributed by atoms with van der Waals surface area (Å²) in [5.74, 6) is 0.575. The molecular weight excluding hydrogens is 218 g/mol. The van der Waals surface area contributed by atoms with Crippen LogP contribution >= 0.6 is 0 Å². The van der Waals surface area contributed by atoms with Crippen LogP contribution in [-0.2, 0) is 16.0 Å². The van der Waals surface area contributed by atoms with Crippen LogP contribution in [0.15, 0.2) is 36.5 Å². The molecule has 2 N–H and O–H groups in total. The Morgan fingerprint density at radius 2 is 2.12 bits per heavy atom. The van der Waals surface area contributed by atoms with Gasteiger partial charge < -0.3 is 10.5 Å². The van der Waals surface area contributed by atoms with Gasteiger partial charge in [0.2, 0.25) is 0 Å². The van der Waals surface area contributed by atoms with Gasteiger partial charge in [-0.15, -0.1) is 0 Å². The lowest BCUT2D eigenvalue weighted by atomic mass is 10.2. The van der Waals surface area contributed by atoms with E-state index < -0.39 is 0 Å². The average Bonchev–Trinajstić information content (AvgIpc) is 2.73. The van der Waals surface area contributed by atoms with Gasteiger partial charge in [-0.05, 0) is 12.1 Å². The van der Waals surface area contributed by atoms with Crippen molar-refractivity contribution in [3.8, 4) is 5.69 Å². The number of hydrogen-bond acceptors (Lipinski definition) is 4. The summed E-state index contributed by atoms with van der Waals surface area (Å²) in [4.78, 5) is 10.0. The third kappa shape index (κ3) is 2.44. The fourth-order valence-electron chi connectivity index (χ4n) is 1.58. The smallest absolute Gasteiger partial charge is 0.293 e. The van der Waals surface area contributed by atoms with Crippen molar-refractivity contribution in [2.45, 2.75) is 6.42 Å². The monoisotopic (exact) mass is 231 g/mol. The van der Waals surface area contributed by atoms with Crippen molar-refractivity contribution in [3.05, 3.63) is 42.1 Å². The molecule has 0 aliphatic heterocycles. The van der Waals surface area contributed by atoms with Gasteiger partial charge >= 0.3 is 0 Å². The molecule has 1 aromatic carbocycles. The summed E-state index contributed by atoms with van der Waals surface area (Å²) >= 11 is 0. The first-order valence-electron chi connectivity index (χ1n) is 5.26. The highest BCUT2D eigenvalue weighted by Gasteiger charge is 2.08. The van der Waals surface area contributed by atoms with Crippen molar-refractivity contribution in [1.82, 2.24) is 9.78 Å². The number of hydrogen-bond donors (Lipinski definition) is 1. The van der Waals surface area contributed by atoms with E-state index in [4.69, 9.17) is 5.73 Å². The van der Waals surface area contributed by atoms with Crippen molar-refractivity contribution in [2.75, 3.05) is 12.3 Å². The lowest BCUT2D eigenvalue weighted by Gasteiger charge is -2.04. The van der Waals surface area contributed by atoms with E-state index in [1.54, 1.807) is 10.9 Å². The quantitative estimate of drug-likeness (QED) is 0.619. The summed E-state index contributed by atoms with van der Waals surface area (Å²) in [5, 5.41) is 4.21. The van der Waals surface area contributed by atoms with E-state index in [2.05, 4.69) is 9.84 Å². The van der Waals surface area contributed by atoms with Gasteiger partial charge in [-0.25, -0.2) is 4.68 Å². The van der Waals surface area contributed by atoms with Gasteiger partial charge in [0.25, 0.3) is 6.47 Å². The van der Waals surface area contributed by atoms with E-state index in [1.165, 1.54) is 0 Å². The summed E-state index contributed by atoms with van der Waals surface area (Å²) in [7, 11) is 0. The van der Waals surface area contributed by atoms with Crippen molar-refractivity contribution in [3.63, 3.8) is 0 Å². The van der Waals surface area contributed by atoms with Crippen LogP contribution in [0.2, 0.25) is 0 Å². The molecule has 1 heterocycles. The molecule has 1 aromatic heterocycles. The van der Waals surface area contributed by atoms with Crippen LogP contribution in [0, 0.1) is 0 Å². The van der Waals surface area contributed by atoms with E-state index in [1.807, 2.05) is 30.3 Å². The molecule has 88 valence electrons. The van der Waals surface area contributed by atoms with Crippen LogP contribution in [0.4, 0.5) is 5.82 Å². The Kier molecular flexibility index (Phi) is 3.40. The number of benzene rings is 1. The molecule has 0 fully saturated rings. The summed E-state index contributed by atoms with van der Waals surface area (Å²) in [6.45, 7) is 0.742. The van der Waals surface area contributed by atoms with Crippen LogP contribution < -0.4 is 5.73 Å². The predicted octanol–water partition coefficient (Wildman–Crippen LogP) is 1.17. The van der Waals surface area contributed by atoms with Crippen LogP contribution in [0.25, 0.3) is 5.69 Å². The number of rotatable bonds is 5. The second-order valence-corrected chi connectivity index (χ2v) is 3.52. The average molecular weight is 231 g/mol. The Labute approximate surface area is 98.8 Å². The minimum atomic E-state index is 0.314. The zero-order valence-electron chi connectivity index (χ0n) is 9.24. The molecule has 0 aliphatic rings. The van der Waals surface area contributed by atoms with E-state index in [0.29, 0.717) is 25.3 Å². The molecule has 0 saturated carbocycles. The highest BCUT2D eigenvalue weighted by atomic mass is 16.5. The van der Waals surface area contributed by atoms with E-state index in [-0.39, 0.29) is 0 Å². The standard InChI is InChI=1S/C12H13N3O2/c13-12-10(6-7-17-9-16)8-14-15(12)11-4-2-1-3-5-11/h1-5,8-9H,6-7,13H2. The Morgan fingerprint density at radius 1 is 1.35 bits per heavy atom. The van der Waals surface area contributed by atoms with Gasteiger partial charge in [0.15, 0.2) is 0 Å². The van der Waals surface area contributed by atoms with Gasteiger partial charge in [0.05, 0.1) is 18.5 Å². The summed E-state index contributed by atoms with van der Waals surface area (Å²) < 4.78 is 6.30. The summed E-state index contributed by atoms with van der Waals surface area (Å²) in [6, 6.07) is 9.63. The van der Waals surface area contributed by atoms with Crippen LogP contribution in [0.1, 0.15) is 5.56 Å². The summed E-state index contributed by atoms with van der Waals surface area (Å²) in [5.41, 5.74) is 7.75. The van der Waals surface area contributed by atoms with Gasteiger partial charge in [0, 0.05) is 12.0 Å². The third-order valence-corrected chi connectivity index (χ3v) is 2.44. The van der Waals surface area contributed by atoms with E-state index >= 15 is 0 Å². The number of ether oxygens (including phenoxy) is 1. The molecule has 2 aromatic rings. The Hall–Kier alpha value is -2.30. The molecule has 5 heteroatoms. The number of aromatic nitrogens is 2. The molecule has 0 amide bonds. The minimum absolute atomic E-state index is 0.314. The molecule has 0 unspecified atom stereocenters. The molecule has 5 nitrogen and oxygen atoms in total.